The van der Waals surface area contributed by atoms with Crippen LogP contribution in [0.4, 0.5) is 10.1 Å². The lowest BCUT2D eigenvalue weighted by Crippen LogP contribution is -2.53. The number of imide groups is 1. The zero-order chi connectivity index (χ0) is 23.0. The van der Waals surface area contributed by atoms with Crippen LogP contribution in [0, 0.1) is 0 Å². The Bertz CT molecular complexity index is 913. The maximum absolute atomic E-state index is 15.3. The third kappa shape index (κ3) is 4.80. The van der Waals surface area contributed by atoms with E-state index in [2.05, 4.69) is 10.2 Å². The van der Waals surface area contributed by atoms with Crippen molar-refractivity contribution in [2.45, 2.75) is 70.2 Å². The molecule has 0 saturated carbocycles. The van der Waals surface area contributed by atoms with E-state index in [1.54, 1.807) is 0 Å². The number of ether oxygens (including phenoxy) is 1. The van der Waals surface area contributed by atoms with E-state index in [1.165, 1.54) is 0 Å². The van der Waals surface area contributed by atoms with Gasteiger partial charge in [-0.25, -0.2) is 4.39 Å². The van der Waals surface area contributed by atoms with Crippen molar-refractivity contribution in [3.63, 3.8) is 0 Å². The summed E-state index contributed by atoms with van der Waals surface area (Å²) in [7, 11) is 0. The van der Waals surface area contributed by atoms with Crippen molar-refractivity contribution in [3.05, 3.63) is 29.3 Å². The van der Waals surface area contributed by atoms with E-state index in [1.807, 2.05) is 43.9 Å². The normalized spacial score (nSPS) is 26.6. The molecule has 8 heteroatoms. The summed E-state index contributed by atoms with van der Waals surface area (Å²) in [5.41, 5.74) is 2.47. The molecule has 1 aromatic carbocycles. The van der Waals surface area contributed by atoms with Crippen molar-refractivity contribution in [1.29, 1.82) is 0 Å². The zero-order valence-electron chi connectivity index (χ0n) is 19.0. The second-order valence-electron chi connectivity index (χ2n) is 9.99. The van der Waals surface area contributed by atoms with Crippen molar-refractivity contribution in [3.8, 4) is 0 Å². The van der Waals surface area contributed by atoms with Crippen LogP contribution in [0.3, 0.4) is 0 Å². The molecule has 4 rings (SSSR count). The molecule has 3 aliphatic rings. The number of hydrogen-bond acceptors (Lipinski definition) is 6. The van der Waals surface area contributed by atoms with E-state index in [-0.39, 0.29) is 42.8 Å². The first-order chi connectivity index (χ1) is 15.1. The molecule has 2 fully saturated rings. The number of carbonyl (C=O) groups is 3. The van der Waals surface area contributed by atoms with Crippen LogP contribution >= 0.6 is 0 Å². The Labute approximate surface area is 188 Å². The van der Waals surface area contributed by atoms with Gasteiger partial charge in [0.1, 0.15) is 11.8 Å². The summed E-state index contributed by atoms with van der Waals surface area (Å²) < 4.78 is 20.6. The minimum Gasteiger partial charge on any atom is -0.459 e. The van der Waals surface area contributed by atoms with Crippen molar-refractivity contribution in [1.82, 2.24) is 10.2 Å². The largest absolute Gasteiger partial charge is 0.459 e. The Balaban J connectivity index is 1.44. The number of alkyl halides is 1. The maximum atomic E-state index is 15.3. The number of anilines is 1. The van der Waals surface area contributed by atoms with Crippen molar-refractivity contribution >= 4 is 23.5 Å². The zero-order valence-corrected chi connectivity index (χ0v) is 19.0. The molecule has 0 spiro atoms. The fourth-order valence-corrected chi connectivity index (χ4v) is 5.15. The van der Waals surface area contributed by atoms with Gasteiger partial charge in [-0.1, -0.05) is 12.1 Å². The van der Waals surface area contributed by atoms with Gasteiger partial charge in [0.15, 0.2) is 0 Å². The standard InChI is InChI=1S/C24H32FN3O4/c1-24(2,3)32-22(30)14-27-11-10-20(18(25)13-27)28-12-9-16-15(5-4-6-19(16)28)17-7-8-21(29)26-23(17)31/h4-6,17-18,20H,7-14H2,1-3H3,(H,26,29,31)/t17-,18-,20+/m1/s1. The number of amides is 2. The summed E-state index contributed by atoms with van der Waals surface area (Å²) in [6, 6.07) is 5.61. The Morgan fingerprint density at radius 1 is 1.19 bits per heavy atom. The molecule has 0 aromatic heterocycles. The summed E-state index contributed by atoms with van der Waals surface area (Å²) in [6.45, 7) is 7.10. The van der Waals surface area contributed by atoms with Gasteiger partial charge in [-0.3, -0.25) is 24.6 Å². The molecule has 0 unspecified atom stereocenters. The first-order valence-corrected chi connectivity index (χ1v) is 11.4. The number of benzene rings is 1. The van der Waals surface area contributed by atoms with E-state index in [4.69, 9.17) is 4.74 Å². The summed E-state index contributed by atoms with van der Waals surface area (Å²) in [5.74, 6) is -1.13. The van der Waals surface area contributed by atoms with Gasteiger partial charge in [0.2, 0.25) is 11.8 Å². The Morgan fingerprint density at radius 3 is 2.66 bits per heavy atom. The minimum absolute atomic E-state index is 0.0979. The van der Waals surface area contributed by atoms with Crippen LogP contribution in [0.25, 0.3) is 0 Å². The number of hydrogen-bond donors (Lipinski definition) is 1. The van der Waals surface area contributed by atoms with Crippen molar-refractivity contribution in [2.75, 3.05) is 31.1 Å². The van der Waals surface area contributed by atoms with Gasteiger partial charge in [-0.05, 0) is 57.2 Å². The van der Waals surface area contributed by atoms with E-state index in [0.29, 0.717) is 32.4 Å². The van der Waals surface area contributed by atoms with E-state index >= 15 is 4.39 Å². The third-order valence-electron chi connectivity index (χ3n) is 6.48. The summed E-state index contributed by atoms with van der Waals surface area (Å²) in [6.07, 6.45) is 1.14. The number of likely N-dealkylation sites (tertiary alicyclic amines) is 1. The van der Waals surface area contributed by atoms with Gasteiger partial charge in [-0.15, -0.1) is 0 Å². The molecule has 0 aliphatic carbocycles. The molecule has 32 heavy (non-hydrogen) atoms. The van der Waals surface area contributed by atoms with Gasteiger partial charge in [0.05, 0.1) is 18.5 Å². The van der Waals surface area contributed by atoms with Crippen LogP contribution in [0.1, 0.15) is 57.1 Å². The molecular formula is C24H32FN3O4. The van der Waals surface area contributed by atoms with Crippen molar-refractivity contribution in [2.24, 2.45) is 0 Å². The average molecular weight is 446 g/mol. The lowest BCUT2D eigenvalue weighted by atomic mass is 9.86. The summed E-state index contributed by atoms with van der Waals surface area (Å²) >= 11 is 0. The van der Waals surface area contributed by atoms with Crippen LogP contribution in [0.2, 0.25) is 0 Å². The summed E-state index contributed by atoms with van der Waals surface area (Å²) in [4.78, 5) is 40.0. The van der Waals surface area contributed by atoms with Crippen LogP contribution < -0.4 is 10.2 Å². The monoisotopic (exact) mass is 445 g/mol. The fourth-order valence-electron chi connectivity index (χ4n) is 5.15. The van der Waals surface area contributed by atoms with Gasteiger partial charge >= 0.3 is 5.97 Å². The number of piperidine rings is 2. The average Bonchev–Trinajstić information content (AvgIpc) is 3.11. The van der Waals surface area contributed by atoms with Crippen LogP contribution in [-0.4, -0.2) is 66.7 Å². The second-order valence-corrected chi connectivity index (χ2v) is 9.99. The lowest BCUT2D eigenvalue weighted by Gasteiger charge is -2.40. The molecule has 0 radical (unpaired) electrons. The van der Waals surface area contributed by atoms with E-state index < -0.39 is 11.8 Å². The number of nitrogens with one attached hydrogen (secondary N) is 1. The van der Waals surface area contributed by atoms with Crippen LogP contribution in [-0.2, 0) is 25.5 Å². The number of rotatable bonds is 4. The molecule has 2 saturated heterocycles. The number of esters is 1. The van der Waals surface area contributed by atoms with Gasteiger partial charge in [0.25, 0.3) is 0 Å². The van der Waals surface area contributed by atoms with Crippen LogP contribution in [0.15, 0.2) is 18.2 Å². The second kappa shape index (κ2) is 8.81. The highest BCUT2D eigenvalue weighted by Crippen LogP contribution is 2.39. The molecule has 2 amide bonds. The first-order valence-electron chi connectivity index (χ1n) is 11.4. The molecule has 0 bridgehead atoms. The quantitative estimate of drug-likeness (QED) is 0.566. The number of nitrogens with zero attached hydrogens (tertiary/aromatic N) is 2. The number of halogens is 1. The summed E-state index contributed by atoms with van der Waals surface area (Å²) in [5, 5.41) is 2.44. The van der Waals surface area contributed by atoms with E-state index in [0.717, 1.165) is 23.2 Å². The van der Waals surface area contributed by atoms with Gasteiger partial charge in [-0.2, -0.15) is 0 Å². The Morgan fingerprint density at radius 2 is 1.97 bits per heavy atom. The smallest absolute Gasteiger partial charge is 0.320 e. The molecular weight excluding hydrogens is 413 g/mol. The highest BCUT2D eigenvalue weighted by Gasteiger charge is 2.39. The lowest BCUT2D eigenvalue weighted by molar-refractivity contribution is -0.156. The molecule has 3 aliphatic heterocycles. The molecule has 174 valence electrons. The van der Waals surface area contributed by atoms with Gasteiger partial charge < -0.3 is 9.64 Å². The minimum atomic E-state index is -1.09. The molecule has 1 N–H and O–H groups in total. The topological polar surface area (TPSA) is 79.0 Å². The molecule has 3 atom stereocenters. The van der Waals surface area contributed by atoms with E-state index in [9.17, 15) is 14.4 Å². The predicted octanol–water partition coefficient (Wildman–Crippen LogP) is 2.32. The number of carbonyl (C=O) groups excluding carboxylic acids is 3. The predicted molar refractivity (Wildman–Crippen MR) is 118 cm³/mol. The van der Waals surface area contributed by atoms with Crippen molar-refractivity contribution < 1.29 is 23.5 Å². The Kier molecular flexibility index (Phi) is 6.25. The third-order valence-corrected chi connectivity index (χ3v) is 6.48. The highest BCUT2D eigenvalue weighted by molar-refractivity contribution is 6.01. The molecule has 1 aromatic rings. The van der Waals surface area contributed by atoms with Gasteiger partial charge in [0, 0.05) is 31.7 Å². The molecule has 3 heterocycles. The fraction of sp³-hybridized carbons (Fsp3) is 0.625. The highest BCUT2D eigenvalue weighted by atomic mass is 19.1. The van der Waals surface area contributed by atoms with Crippen LogP contribution in [0.5, 0.6) is 0 Å². The molecule has 7 nitrogen and oxygen atoms in total. The first kappa shape index (κ1) is 22.7. The Hall–Kier alpha value is -2.48. The SMILES string of the molecule is CC(C)(C)OC(=O)CN1CC[C@H](N2CCc3c([C@H]4CCC(=O)NC4=O)cccc32)[C@H](F)C1. The number of fused-ring (bicyclic) bond motifs is 1. The maximum Gasteiger partial charge on any atom is 0.320 e.